The highest BCUT2D eigenvalue weighted by atomic mass is 19.1. The van der Waals surface area contributed by atoms with Crippen LogP contribution in [0, 0.1) is 11.7 Å². The smallest absolute Gasteiger partial charge is 0.225 e. The van der Waals surface area contributed by atoms with Gasteiger partial charge in [0, 0.05) is 18.9 Å². The van der Waals surface area contributed by atoms with Crippen LogP contribution in [0.15, 0.2) is 24.3 Å². The van der Waals surface area contributed by atoms with Gasteiger partial charge in [0.2, 0.25) is 5.91 Å². The van der Waals surface area contributed by atoms with E-state index in [1.165, 1.54) is 12.1 Å². The Morgan fingerprint density at radius 2 is 2.21 bits per heavy atom. The van der Waals surface area contributed by atoms with E-state index in [0.29, 0.717) is 26.1 Å². The van der Waals surface area contributed by atoms with Crippen molar-refractivity contribution < 1.29 is 19.0 Å². The van der Waals surface area contributed by atoms with E-state index in [4.69, 9.17) is 4.74 Å². The minimum absolute atomic E-state index is 0.0508. The Morgan fingerprint density at radius 3 is 2.92 bits per heavy atom. The molecule has 2 aliphatic heterocycles. The summed E-state index contributed by atoms with van der Waals surface area (Å²) in [6, 6.07) is 6.31. The molecule has 1 amide bonds. The molecule has 0 bridgehead atoms. The molecular formula is C18H25FN2O3. The maximum absolute atomic E-state index is 13.4. The Morgan fingerprint density at radius 1 is 1.42 bits per heavy atom. The second-order valence-corrected chi connectivity index (χ2v) is 6.78. The number of hydrogen-bond acceptors (Lipinski definition) is 4. The van der Waals surface area contributed by atoms with Crippen LogP contribution in [0.3, 0.4) is 0 Å². The summed E-state index contributed by atoms with van der Waals surface area (Å²) in [5.41, 5.74) is -0.0885. The van der Waals surface area contributed by atoms with Crippen LogP contribution in [0.25, 0.3) is 0 Å². The SMILES string of the molecule is O=C(C1CCNCC1)N1CCOC(CO)(Cc2cccc(F)c2)C1. The number of hydrogen-bond donors (Lipinski definition) is 2. The summed E-state index contributed by atoms with van der Waals surface area (Å²) in [6.07, 6.45) is 2.09. The number of benzene rings is 1. The Bertz CT molecular complexity index is 577. The molecule has 2 N–H and O–H groups in total. The Kier molecular flexibility index (Phi) is 5.48. The van der Waals surface area contributed by atoms with E-state index in [1.54, 1.807) is 6.07 Å². The molecule has 1 unspecified atom stereocenters. The fraction of sp³-hybridized carbons (Fsp3) is 0.611. The molecule has 24 heavy (non-hydrogen) atoms. The van der Waals surface area contributed by atoms with Crippen LogP contribution in [0.5, 0.6) is 0 Å². The second-order valence-electron chi connectivity index (χ2n) is 6.78. The lowest BCUT2D eigenvalue weighted by Crippen LogP contribution is -2.58. The van der Waals surface area contributed by atoms with Crippen molar-refractivity contribution in [3.63, 3.8) is 0 Å². The van der Waals surface area contributed by atoms with Gasteiger partial charge in [-0.1, -0.05) is 12.1 Å². The third-order valence-electron chi connectivity index (χ3n) is 4.95. The lowest BCUT2D eigenvalue weighted by atomic mass is 9.91. The maximum Gasteiger partial charge on any atom is 0.225 e. The van der Waals surface area contributed by atoms with E-state index < -0.39 is 5.60 Å². The molecule has 132 valence electrons. The molecule has 0 aromatic heterocycles. The molecule has 3 rings (SSSR count). The number of nitrogens with one attached hydrogen (secondary N) is 1. The monoisotopic (exact) mass is 336 g/mol. The first-order valence-corrected chi connectivity index (χ1v) is 8.61. The van der Waals surface area contributed by atoms with Gasteiger partial charge in [0.05, 0.1) is 19.8 Å². The number of aliphatic hydroxyl groups is 1. The number of aliphatic hydroxyl groups excluding tert-OH is 1. The quantitative estimate of drug-likeness (QED) is 0.860. The molecule has 5 nitrogen and oxygen atoms in total. The number of halogens is 1. The van der Waals surface area contributed by atoms with E-state index in [-0.39, 0.29) is 24.2 Å². The molecule has 2 saturated heterocycles. The molecule has 0 spiro atoms. The highest BCUT2D eigenvalue weighted by molar-refractivity contribution is 5.79. The van der Waals surface area contributed by atoms with Crippen molar-refractivity contribution in [2.24, 2.45) is 5.92 Å². The Hall–Kier alpha value is -1.50. The van der Waals surface area contributed by atoms with Gasteiger partial charge in [-0.15, -0.1) is 0 Å². The highest BCUT2D eigenvalue weighted by Crippen LogP contribution is 2.26. The first kappa shape index (κ1) is 17.3. The van der Waals surface area contributed by atoms with E-state index in [1.807, 2.05) is 11.0 Å². The van der Waals surface area contributed by atoms with E-state index in [9.17, 15) is 14.3 Å². The largest absolute Gasteiger partial charge is 0.393 e. The summed E-state index contributed by atoms with van der Waals surface area (Å²) < 4.78 is 19.3. The molecule has 1 aromatic carbocycles. The zero-order valence-corrected chi connectivity index (χ0v) is 13.8. The molecule has 2 fully saturated rings. The van der Waals surface area contributed by atoms with Gasteiger partial charge < -0.3 is 20.1 Å². The molecule has 0 radical (unpaired) electrons. The fourth-order valence-electron chi connectivity index (χ4n) is 3.64. The third kappa shape index (κ3) is 3.94. The summed E-state index contributed by atoms with van der Waals surface area (Å²) in [5, 5.41) is 13.2. The molecule has 0 aliphatic carbocycles. The van der Waals surface area contributed by atoms with Crippen molar-refractivity contribution >= 4 is 5.91 Å². The normalized spacial score (nSPS) is 25.7. The number of morpholine rings is 1. The van der Waals surface area contributed by atoms with Crippen LogP contribution in [-0.2, 0) is 16.0 Å². The predicted octanol–water partition coefficient (Wildman–Crippen LogP) is 0.958. The summed E-state index contributed by atoms with van der Waals surface area (Å²) >= 11 is 0. The van der Waals surface area contributed by atoms with Crippen LogP contribution in [-0.4, -0.2) is 60.9 Å². The first-order valence-electron chi connectivity index (χ1n) is 8.61. The summed E-state index contributed by atoms with van der Waals surface area (Å²) in [7, 11) is 0. The zero-order chi connectivity index (χ0) is 17.0. The van der Waals surface area contributed by atoms with Crippen molar-refractivity contribution in [2.75, 3.05) is 39.4 Å². The van der Waals surface area contributed by atoms with Crippen LogP contribution >= 0.6 is 0 Å². The number of carbonyl (C=O) groups is 1. The topological polar surface area (TPSA) is 61.8 Å². The van der Waals surface area contributed by atoms with Gasteiger partial charge in [-0.05, 0) is 43.6 Å². The molecule has 1 aromatic rings. The van der Waals surface area contributed by atoms with Gasteiger partial charge in [0.25, 0.3) is 0 Å². The van der Waals surface area contributed by atoms with Gasteiger partial charge in [-0.2, -0.15) is 0 Å². The summed E-state index contributed by atoms with van der Waals surface area (Å²) in [4.78, 5) is 14.6. The van der Waals surface area contributed by atoms with Gasteiger partial charge in [0.1, 0.15) is 11.4 Å². The van der Waals surface area contributed by atoms with Crippen LogP contribution in [0.2, 0.25) is 0 Å². The number of nitrogens with zero attached hydrogens (tertiary/aromatic N) is 1. The predicted molar refractivity (Wildman–Crippen MR) is 88.0 cm³/mol. The Balaban J connectivity index is 1.70. The minimum atomic E-state index is -0.853. The average Bonchev–Trinajstić information content (AvgIpc) is 2.62. The standard InChI is InChI=1S/C18H25FN2O3/c19-16-3-1-2-14(10-16)11-18(13-22)12-21(8-9-24-18)17(23)15-4-6-20-7-5-15/h1-3,10,15,20,22H,4-9,11-13H2. The van der Waals surface area contributed by atoms with E-state index in [2.05, 4.69) is 5.32 Å². The van der Waals surface area contributed by atoms with Crippen molar-refractivity contribution in [1.29, 1.82) is 0 Å². The molecule has 6 heteroatoms. The summed E-state index contributed by atoms with van der Waals surface area (Å²) in [6.45, 7) is 2.84. The number of ether oxygens (including phenoxy) is 1. The number of rotatable bonds is 4. The third-order valence-corrected chi connectivity index (χ3v) is 4.95. The zero-order valence-electron chi connectivity index (χ0n) is 13.8. The Labute approximate surface area is 141 Å². The van der Waals surface area contributed by atoms with Crippen LogP contribution in [0.4, 0.5) is 4.39 Å². The van der Waals surface area contributed by atoms with Crippen molar-refractivity contribution in [3.05, 3.63) is 35.6 Å². The molecule has 0 saturated carbocycles. The number of carbonyl (C=O) groups excluding carboxylic acids is 1. The van der Waals surface area contributed by atoms with Crippen LogP contribution < -0.4 is 5.32 Å². The van der Waals surface area contributed by atoms with E-state index >= 15 is 0 Å². The van der Waals surface area contributed by atoms with Gasteiger partial charge >= 0.3 is 0 Å². The van der Waals surface area contributed by atoms with Crippen molar-refractivity contribution in [2.45, 2.75) is 24.9 Å². The fourth-order valence-corrected chi connectivity index (χ4v) is 3.64. The van der Waals surface area contributed by atoms with Gasteiger partial charge in [0.15, 0.2) is 0 Å². The molecule has 2 aliphatic rings. The molecule has 2 heterocycles. The second kappa shape index (κ2) is 7.59. The lowest BCUT2D eigenvalue weighted by molar-refractivity contribution is -0.161. The van der Waals surface area contributed by atoms with E-state index in [0.717, 1.165) is 31.5 Å². The van der Waals surface area contributed by atoms with Crippen molar-refractivity contribution in [1.82, 2.24) is 10.2 Å². The van der Waals surface area contributed by atoms with Gasteiger partial charge in [-0.25, -0.2) is 4.39 Å². The highest BCUT2D eigenvalue weighted by Gasteiger charge is 2.39. The summed E-state index contributed by atoms with van der Waals surface area (Å²) in [5.74, 6) is -0.106. The first-order chi connectivity index (χ1) is 11.6. The minimum Gasteiger partial charge on any atom is -0.393 e. The average molecular weight is 336 g/mol. The number of piperidine rings is 1. The van der Waals surface area contributed by atoms with Crippen molar-refractivity contribution in [3.8, 4) is 0 Å². The lowest BCUT2D eigenvalue weighted by Gasteiger charge is -2.43. The number of amides is 1. The maximum atomic E-state index is 13.4. The van der Waals surface area contributed by atoms with Gasteiger partial charge in [-0.3, -0.25) is 4.79 Å². The molecule has 1 atom stereocenters. The van der Waals surface area contributed by atoms with Crippen LogP contribution in [0.1, 0.15) is 18.4 Å². The molecular weight excluding hydrogens is 311 g/mol.